The van der Waals surface area contributed by atoms with Gasteiger partial charge in [0.15, 0.2) is 0 Å². The zero-order chi connectivity index (χ0) is 16.8. The van der Waals surface area contributed by atoms with Gasteiger partial charge in [-0.25, -0.2) is 4.98 Å². The fourth-order valence-corrected chi connectivity index (χ4v) is 3.10. The van der Waals surface area contributed by atoms with E-state index < -0.39 is 0 Å². The third-order valence-corrected chi connectivity index (χ3v) is 4.41. The van der Waals surface area contributed by atoms with Crippen molar-refractivity contribution >= 4 is 17.2 Å². The Morgan fingerprint density at radius 3 is 2.26 bits per heavy atom. The zero-order valence-electron chi connectivity index (χ0n) is 14.4. The van der Waals surface area contributed by atoms with Crippen molar-refractivity contribution in [2.45, 2.75) is 45.4 Å². The quantitative estimate of drug-likeness (QED) is 0.535. The normalized spacial score (nSPS) is 13.5. The summed E-state index contributed by atoms with van der Waals surface area (Å²) in [4.78, 5) is 4.82. The molecule has 2 heterocycles. The van der Waals surface area contributed by atoms with Crippen LogP contribution >= 0.6 is 11.6 Å². The maximum atomic E-state index is 6.47. The van der Waals surface area contributed by atoms with Crippen LogP contribution in [0.4, 0.5) is 0 Å². The smallest absolute Gasteiger partial charge is 0.137 e. The summed E-state index contributed by atoms with van der Waals surface area (Å²) >= 11 is 6.47. The number of fused-ring (bicyclic) bond motifs is 1. The third-order valence-electron chi connectivity index (χ3n) is 4.20. The highest BCUT2D eigenvalue weighted by molar-refractivity contribution is 6.20. The summed E-state index contributed by atoms with van der Waals surface area (Å²) in [6, 6.07) is 12.8. The second-order valence-corrected chi connectivity index (χ2v) is 7.88. The number of hydrogen-bond acceptors (Lipinski definition) is 1. The van der Waals surface area contributed by atoms with Gasteiger partial charge in [-0.15, -0.1) is 11.6 Å². The Balaban J connectivity index is 2.17. The molecule has 0 bridgehead atoms. The van der Waals surface area contributed by atoms with Crippen molar-refractivity contribution in [1.29, 1.82) is 0 Å². The highest BCUT2D eigenvalue weighted by Gasteiger charge is 2.19. The van der Waals surface area contributed by atoms with Crippen molar-refractivity contribution < 1.29 is 0 Å². The molecule has 0 saturated heterocycles. The number of aromatic nitrogens is 2. The van der Waals surface area contributed by atoms with Gasteiger partial charge in [0.2, 0.25) is 0 Å². The van der Waals surface area contributed by atoms with Gasteiger partial charge in [-0.3, -0.25) is 0 Å². The van der Waals surface area contributed by atoms with Gasteiger partial charge in [0.25, 0.3) is 0 Å². The Morgan fingerprint density at radius 1 is 1.04 bits per heavy atom. The number of imidazole rings is 1. The second kappa shape index (κ2) is 5.68. The molecule has 0 N–H and O–H groups in total. The number of halogens is 1. The average Bonchev–Trinajstić information content (AvgIpc) is 2.85. The van der Waals surface area contributed by atoms with Gasteiger partial charge in [-0.1, -0.05) is 51.1 Å². The Hall–Kier alpha value is -1.80. The Bertz CT molecular complexity index is 836. The van der Waals surface area contributed by atoms with E-state index in [1.807, 2.05) is 13.0 Å². The van der Waals surface area contributed by atoms with Crippen LogP contribution in [0.2, 0.25) is 0 Å². The number of rotatable bonds is 2. The Labute approximate surface area is 143 Å². The topological polar surface area (TPSA) is 17.3 Å². The van der Waals surface area contributed by atoms with Crippen molar-refractivity contribution in [3.63, 3.8) is 0 Å². The van der Waals surface area contributed by atoms with Gasteiger partial charge >= 0.3 is 0 Å². The largest absolute Gasteiger partial charge is 0.302 e. The molecule has 0 saturated carbocycles. The van der Waals surface area contributed by atoms with E-state index in [4.69, 9.17) is 16.6 Å². The molecule has 23 heavy (non-hydrogen) atoms. The SMILES string of the molecule is Cc1ccc2nc(-c3ccc(C(C)(C)C)cc3)c(C(C)Cl)n2c1. The summed E-state index contributed by atoms with van der Waals surface area (Å²) in [5.74, 6) is 0. The maximum Gasteiger partial charge on any atom is 0.137 e. The van der Waals surface area contributed by atoms with Crippen molar-refractivity contribution in [1.82, 2.24) is 9.38 Å². The van der Waals surface area contributed by atoms with E-state index in [-0.39, 0.29) is 10.8 Å². The molecule has 1 unspecified atom stereocenters. The molecule has 1 aromatic carbocycles. The lowest BCUT2D eigenvalue weighted by Gasteiger charge is -2.19. The summed E-state index contributed by atoms with van der Waals surface area (Å²) in [6.07, 6.45) is 2.10. The van der Waals surface area contributed by atoms with Crippen LogP contribution in [0.1, 0.15) is 49.9 Å². The van der Waals surface area contributed by atoms with Crippen LogP contribution in [-0.2, 0) is 5.41 Å². The molecule has 0 amide bonds. The molecular weight excluding hydrogens is 304 g/mol. The predicted octanol–water partition coefficient (Wildman–Crippen LogP) is 5.91. The van der Waals surface area contributed by atoms with Crippen LogP contribution in [0.5, 0.6) is 0 Å². The van der Waals surface area contributed by atoms with E-state index >= 15 is 0 Å². The minimum absolute atomic E-state index is 0.107. The predicted molar refractivity (Wildman–Crippen MR) is 98.3 cm³/mol. The van der Waals surface area contributed by atoms with Gasteiger partial charge in [-0.2, -0.15) is 0 Å². The van der Waals surface area contributed by atoms with E-state index in [0.717, 1.165) is 22.6 Å². The first kappa shape index (κ1) is 16.1. The van der Waals surface area contributed by atoms with Crippen LogP contribution in [0.25, 0.3) is 16.9 Å². The minimum atomic E-state index is -0.107. The molecule has 120 valence electrons. The number of aryl methyl sites for hydroxylation is 1. The molecule has 3 heteroatoms. The van der Waals surface area contributed by atoms with Gasteiger partial charge in [0.05, 0.1) is 16.8 Å². The lowest BCUT2D eigenvalue weighted by atomic mass is 9.86. The van der Waals surface area contributed by atoms with Crippen LogP contribution in [0.3, 0.4) is 0 Å². The lowest BCUT2D eigenvalue weighted by Crippen LogP contribution is -2.10. The first-order valence-electron chi connectivity index (χ1n) is 8.01. The molecule has 0 spiro atoms. The molecule has 3 rings (SSSR count). The van der Waals surface area contributed by atoms with Crippen LogP contribution in [-0.4, -0.2) is 9.38 Å². The van der Waals surface area contributed by atoms with Crippen molar-refractivity contribution in [2.75, 3.05) is 0 Å². The molecule has 0 radical (unpaired) electrons. The molecule has 2 nitrogen and oxygen atoms in total. The standard InChI is InChI=1S/C20H23ClN2/c1-13-6-11-17-22-18(19(14(2)21)23(17)12-13)15-7-9-16(10-8-15)20(3,4)5/h6-12,14H,1-5H3. The summed E-state index contributed by atoms with van der Waals surface area (Å²) in [6.45, 7) is 10.8. The zero-order valence-corrected chi connectivity index (χ0v) is 15.1. The molecule has 0 aliphatic carbocycles. The van der Waals surface area contributed by atoms with Crippen LogP contribution in [0.15, 0.2) is 42.6 Å². The number of benzene rings is 1. The molecule has 3 aromatic rings. The Morgan fingerprint density at radius 2 is 1.70 bits per heavy atom. The van der Waals surface area contributed by atoms with Gasteiger partial charge in [0.1, 0.15) is 5.65 Å². The molecule has 0 aliphatic rings. The van der Waals surface area contributed by atoms with E-state index in [1.165, 1.54) is 11.1 Å². The molecule has 1 atom stereocenters. The monoisotopic (exact) mass is 326 g/mol. The molecule has 0 fully saturated rings. The van der Waals surface area contributed by atoms with Crippen LogP contribution in [0, 0.1) is 6.92 Å². The van der Waals surface area contributed by atoms with Gasteiger partial charge in [0, 0.05) is 11.8 Å². The van der Waals surface area contributed by atoms with E-state index in [2.05, 4.69) is 68.6 Å². The molecule has 2 aromatic heterocycles. The number of pyridine rings is 1. The highest BCUT2D eigenvalue weighted by atomic mass is 35.5. The maximum absolute atomic E-state index is 6.47. The van der Waals surface area contributed by atoms with Crippen molar-refractivity contribution in [2.24, 2.45) is 0 Å². The van der Waals surface area contributed by atoms with E-state index in [0.29, 0.717) is 0 Å². The second-order valence-electron chi connectivity index (χ2n) is 7.22. The lowest BCUT2D eigenvalue weighted by molar-refractivity contribution is 0.590. The van der Waals surface area contributed by atoms with Gasteiger partial charge < -0.3 is 4.40 Å². The fraction of sp³-hybridized carbons (Fsp3) is 0.350. The fourth-order valence-electron chi connectivity index (χ4n) is 2.89. The number of nitrogens with zero attached hydrogens (tertiary/aromatic N) is 2. The molecular formula is C20H23ClN2. The summed E-state index contributed by atoms with van der Waals surface area (Å²) < 4.78 is 2.11. The number of hydrogen-bond donors (Lipinski definition) is 0. The highest BCUT2D eigenvalue weighted by Crippen LogP contribution is 2.33. The van der Waals surface area contributed by atoms with Crippen LogP contribution < -0.4 is 0 Å². The average molecular weight is 327 g/mol. The molecule has 0 aliphatic heterocycles. The van der Waals surface area contributed by atoms with Gasteiger partial charge in [-0.05, 0) is 36.5 Å². The first-order valence-corrected chi connectivity index (χ1v) is 8.44. The van der Waals surface area contributed by atoms with E-state index in [9.17, 15) is 0 Å². The van der Waals surface area contributed by atoms with Crippen molar-refractivity contribution in [3.05, 3.63) is 59.4 Å². The van der Waals surface area contributed by atoms with E-state index in [1.54, 1.807) is 0 Å². The third kappa shape index (κ3) is 3.00. The summed E-state index contributed by atoms with van der Waals surface area (Å²) in [5, 5.41) is -0.107. The summed E-state index contributed by atoms with van der Waals surface area (Å²) in [5.41, 5.74) is 6.74. The first-order chi connectivity index (χ1) is 10.8. The van der Waals surface area contributed by atoms with Crippen molar-refractivity contribution in [3.8, 4) is 11.3 Å². The Kier molecular flexibility index (Phi) is 3.97. The summed E-state index contributed by atoms with van der Waals surface area (Å²) in [7, 11) is 0. The number of alkyl halides is 1. The minimum Gasteiger partial charge on any atom is -0.302 e.